The van der Waals surface area contributed by atoms with Crippen molar-refractivity contribution in [1.29, 1.82) is 0 Å². The number of aryl methyl sites for hydroxylation is 1. The van der Waals surface area contributed by atoms with Gasteiger partial charge in [0, 0.05) is 17.7 Å². The number of rotatable bonds is 11. The molecule has 0 spiro atoms. The van der Waals surface area contributed by atoms with Gasteiger partial charge < -0.3 is 39.4 Å². The largest absolute Gasteiger partial charge is 0.497 e. The number of methoxy groups -OCH3 is 1. The van der Waals surface area contributed by atoms with Crippen molar-refractivity contribution in [2.24, 2.45) is 0 Å². The Hall–Kier alpha value is -3.48. The average Bonchev–Trinajstić information content (AvgIpc) is 3.26. The Morgan fingerprint density at radius 2 is 1.62 bits per heavy atom. The summed E-state index contributed by atoms with van der Waals surface area (Å²) in [6.07, 6.45) is -6.00. The number of ether oxygens (including phenoxy) is 4. The lowest BCUT2D eigenvalue weighted by Gasteiger charge is -2.39. The van der Waals surface area contributed by atoms with Crippen LogP contribution in [0.2, 0.25) is 0 Å². The third kappa shape index (κ3) is 6.80. The molecule has 11 nitrogen and oxygen atoms in total. The number of hydrogen-bond acceptors (Lipinski definition) is 10. The van der Waals surface area contributed by atoms with Gasteiger partial charge in [-0.1, -0.05) is 43.3 Å². The van der Waals surface area contributed by atoms with Crippen LogP contribution in [-0.2, 0) is 33.7 Å². The van der Waals surface area contributed by atoms with Gasteiger partial charge in [-0.25, -0.2) is 4.79 Å². The minimum absolute atomic E-state index is 0.198. The summed E-state index contributed by atoms with van der Waals surface area (Å²) in [6, 6.07) is 15.8. The lowest BCUT2D eigenvalue weighted by molar-refractivity contribution is -0.279. The van der Waals surface area contributed by atoms with Gasteiger partial charge >= 0.3 is 5.97 Å². The van der Waals surface area contributed by atoms with Gasteiger partial charge in [-0.05, 0) is 42.2 Å². The average molecular weight is 557 g/mol. The zero-order valence-electron chi connectivity index (χ0n) is 22.8. The molecule has 2 heterocycles. The molecule has 0 unspecified atom stereocenters. The van der Waals surface area contributed by atoms with E-state index < -0.39 is 49.9 Å². The lowest BCUT2D eigenvalue weighted by Crippen LogP contribution is -2.60. The molecule has 1 aliphatic heterocycles. The molecule has 1 fully saturated rings. The van der Waals surface area contributed by atoms with Crippen LogP contribution in [-0.4, -0.2) is 87.2 Å². The predicted octanol–water partition coefficient (Wildman–Crippen LogP) is 1.12. The second-order valence-electron chi connectivity index (χ2n) is 9.70. The third-order valence-corrected chi connectivity index (χ3v) is 7.03. The zero-order valence-corrected chi connectivity index (χ0v) is 22.8. The van der Waals surface area contributed by atoms with Crippen LogP contribution in [0.15, 0.2) is 48.5 Å². The van der Waals surface area contributed by atoms with E-state index in [9.17, 15) is 20.1 Å². The molecule has 0 amide bonds. The summed E-state index contributed by atoms with van der Waals surface area (Å²) in [5.74, 6) is 0.0204. The first-order chi connectivity index (χ1) is 19.2. The summed E-state index contributed by atoms with van der Waals surface area (Å²) < 4.78 is 23.6. The Bertz CT molecular complexity index is 1260. The van der Waals surface area contributed by atoms with Crippen molar-refractivity contribution < 1.29 is 44.2 Å². The van der Waals surface area contributed by atoms with Crippen molar-refractivity contribution >= 4 is 5.97 Å². The van der Waals surface area contributed by atoms with E-state index >= 15 is 0 Å². The van der Waals surface area contributed by atoms with Gasteiger partial charge in [0.05, 0.1) is 13.7 Å². The first-order valence-electron chi connectivity index (χ1n) is 13.1. The third-order valence-electron chi connectivity index (χ3n) is 7.03. The van der Waals surface area contributed by atoms with E-state index in [4.69, 9.17) is 24.1 Å². The standard InChI is InChI=1S/C29H36N2O9/c1-4-18-5-7-19(8-6-18)13-22-17(2)31(14-20-9-11-21(37-3)12-10-20)30-28(22)40-29-27(36)26(35)25(34)23(39-29)16-38-24(33)15-32/h5-12,23,25-27,29,32,34-36H,4,13-16H2,1-3H3/t23-,25-,26+,27-,29+/m1/s1. The number of aliphatic hydroxyl groups is 4. The molecule has 216 valence electrons. The normalized spacial score (nSPS) is 22.6. The molecule has 11 heteroatoms. The molecule has 4 N–H and O–H groups in total. The lowest BCUT2D eigenvalue weighted by atomic mass is 9.99. The molecule has 2 aromatic carbocycles. The Labute approximate surface area is 232 Å². The topological polar surface area (TPSA) is 153 Å². The highest BCUT2D eigenvalue weighted by Gasteiger charge is 2.46. The summed E-state index contributed by atoms with van der Waals surface area (Å²) in [5.41, 5.74) is 4.83. The van der Waals surface area contributed by atoms with Gasteiger partial charge in [-0.15, -0.1) is 5.10 Å². The number of nitrogens with zero attached hydrogens (tertiary/aromatic N) is 2. The van der Waals surface area contributed by atoms with Crippen molar-refractivity contribution in [2.75, 3.05) is 20.3 Å². The van der Waals surface area contributed by atoms with E-state index in [1.54, 1.807) is 11.8 Å². The van der Waals surface area contributed by atoms with Gasteiger partial charge in [-0.3, -0.25) is 4.68 Å². The van der Waals surface area contributed by atoms with Gasteiger partial charge in [0.25, 0.3) is 0 Å². The monoisotopic (exact) mass is 556 g/mol. The molecule has 0 aliphatic carbocycles. The number of hydrogen-bond donors (Lipinski definition) is 4. The van der Waals surface area contributed by atoms with Crippen molar-refractivity contribution in [3.63, 3.8) is 0 Å². The maximum absolute atomic E-state index is 11.4. The van der Waals surface area contributed by atoms with Crippen molar-refractivity contribution in [3.05, 3.63) is 76.5 Å². The highest BCUT2D eigenvalue weighted by atomic mass is 16.7. The van der Waals surface area contributed by atoms with Gasteiger partial charge in [0.1, 0.15) is 43.4 Å². The number of benzene rings is 2. The molecule has 5 atom stereocenters. The van der Waals surface area contributed by atoms with Gasteiger partial charge in [0.2, 0.25) is 12.2 Å². The summed E-state index contributed by atoms with van der Waals surface area (Å²) in [4.78, 5) is 11.4. The van der Waals surface area contributed by atoms with Crippen LogP contribution in [0.25, 0.3) is 0 Å². The molecular weight excluding hydrogens is 520 g/mol. The second kappa shape index (κ2) is 13.2. The fourth-order valence-electron chi connectivity index (χ4n) is 4.49. The number of aliphatic hydroxyl groups excluding tert-OH is 4. The fourth-order valence-corrected chi connectivity index (χ4v) is 4.49. The molecule has 0 saturated carbocycles. The molecule has 40 heavy (non-hydrogen) atoms. The quantitative estimate of drug-likeness (QED) is 0.253. The molecule has 4 rings (SSSR count). The number of aromatic nitrogens is 2. The summed E-state index contributed by atoms with van der Waals surface area (Å²) in [6.45, 7) is 3.16. The molecular formula is C29H36N2O9. The predicted molar refractivity (Wildman–Crippen MR) is 143 cm³/mol. The summed E-state index contributed by atoms with van der Waals surface area (Å²) in [5, 5.41) is 45.0. The first kappa shape index (κ1) is 29.5. The highest BCUT2D eigenvalue weighted by molar-refractivity contribution is 5.70. The van der Waals surface area contributed by atoms with Crippen LogP contribution in [0.3, 0.4) is 0 Å². The van der Waals surface area contributed by atoms with E-state index in [0.717, 1.165) is 34.6 Å². The maximum Gasteiger partial charge on any atom is 0.331 e. The van der Waals surface area contributed by atoms with Crippen LogP contribution in [0, 0.1) is 6.92 Å². The van der Waals surface area contributed by atoms with Crippen LogP contribution in [0.5, 0.6) is 11.6 Å². The van der Waals surface area contributed by atoms with Crippen LogP contribution >= 0.6 is 0 Å². The van der Waals surface area contributed by atoms with Crippen molar-refractivity contribution in [2.45, 2.75) is 63.9 Å². The van der Waals surface area contributed by atoms with Crippen LogP contribution < -0.4 is 9.47 Å². The molecule has 1 saturated heterocycles. The van der Waals surface area contributed by atoms with E-state index in [1.165, 1.54) is 5.56 Å². The molecule has 0 radical (unpaired) electrons. The Kier molecular flexibility index (Phi) is 9.77. The fraction of sp³-hybridized carbons (Fsp3) is 0.448. The minimum Gasteiger partial charge on any atom is -0.497 e. The van der Waals surface area contributed by atoms with Crippen LogP contribution in [0.4, 0.5) is 0 Å². The summed E-state index contributed by atoms with van der Waals surface area (Å²) in [7, 11) is 1.61. The smallest absolute Gasteiger partial charge is 0.331 e. The van der Waals surface area contributed by atoms with E-state index in [-0.39, 0.29) is 5.88 Å². The highest BCUT2D eigenvalue weighted by Crippen LogP contribution is 2.30. The Balaban J connectivity index is 1.62. The Morgan fingerprint density at radius 3 is 2.25 bits per heavy atom. The van der Waals surface area contributed by atoms with Gasteiger partial charge in [0.15, 0.2) is 0 Å². The molecule has 1 aromatic heterocycles. The number of esters is 1. The molecule has 3 aromatic rings. The minimum atomic E-state index is -1.64. The van der Waals surface area contributed by atoms with E-state index in [2.05, 4.69) is 24.2 Å². The summed E-state index contributed by atoms with van der Waals surface area (Å²) >= 11 is 0. The van der Waals surface area contributed by atoms with E-state index in [1.807, 2.05) is 43.3 Å². The number of carbonyl (C=O) groups is 1. The number of carbonyl (C=O) groups excluding carboxylic acids is 1. The Morgan fingerprint density at radius 1 is 0.975 bits per heavy atom. The van der Waals surface area contributed by atoms with Crippen LogP contribution in [0.1, 0.15) is 34.9 Å². The van der Waals surface area contributed by atoms with E-state index in [0.29, 0.717) is 13.0 Å². The van der Waals surface area contributed by atoms with Crippen molar-refractivity contribution in [1.82, 2.24) is 9.78 Å². The van der Waals surface area contributed by atoms with Gasteiger partial charge in [-0.2, -0.15) is 0 Å². The van der Waals surface area contributed by atoms with Crippen molar-refractivity contribution in [3.8, 4) is 11.6 Å². The second-order valence-corrected chi connectivity index (χ2v) is 9.70. The zero-order chi connectivity index (χ0) is 28.8. The maximum atomic E-state index is 11.4. The molecule has 0 bridgehead atoms. The SMILES string of the molecule is CCc1ccc(Cc2c(O[C@@H]3O[C@H](COC(=O)CO)[C@@H](O)[C@H](O)[C@H]3O)nn(Cc3ccc(OC)cc3)c2C)cc1. The molecule has 1 aliphatic rings. The first-order valence-corrected chi connectivity index (χ1v) is 13.1.